The molecule has 2 heteroatoms. The third-order valence-corrected chi connectivity index (χ3v) is 4.68. The van der Waals surface area contributed by atoms with E-state index in [0.717, 1.165) is 12.0 Å². The Kier molecular flexibility index (Phi) is 6.13. The molecule has 0 atom stereocenters. The Balaban J connectivity index is 2.40. The normalized spacial score (nSPS) is 26.0. The fraction of sp³-hybridized carbons (Fsp3) is 1.00. The van der Waals surface area contributed by atoms with Gasteiger partial charge in [-0.05, 0) is 57.7 Å². The van der Waals surface area contributed by atoms with E-state index in [1.165, 1.54) is 45.3 Å². The molecular weight excluding hydrogens is 220 g/mol. The van der Waals surface area contributed by atoms with E-state index >= 15 is 0 Å². The van der Waals surface area contributed by atoms with Crippen LogP contribution in [-0.4, -0.2) is 49.6 Å². The first-order chi connectivity index (χ1) is 8.34. The van der Waals surface area contributed by atoms with Gasteiger partial charge in [0.2, 0.25) is 0 Å². The van der Waals surface area contributed by atoms with Crippen LogP contribution in [0.1, 0.15) is 53.4 Å². The molecule has 1 rings (SSSR count). The minimum absolute atomic E-state index is 0.506. The lowest BCUT2D eigenvalue weighted by molar-refractivity contribution is 0.0943. The quantitative estimate of drug-likeness (QED) is 0.741. The standard InChI is InChI=1S/C16H34N2/c1-7-18(13-12-17(5)6)15-10-8-14(9-11-15)16(2,3)4/h14-15H,7-13H2,1-6H3. The average Bonchev–Trinajstić information content (AvgIpc) is 2.29. The molecule has 0 N–H and O–H groups in total. The Labute approximate surface area is 115 Å². The Hall–Kier alpha value is -0.0800. The van der Waals surface area contributed by atoms with Crippen LogP contribution in [0.5, 0.6) is 0 Å². The van der Waals surface area contributed by atoms with Crippen LogP contribution in [-0.2, 0) is 0 Å². The average molecular weight is 254 g/mol. The summed E-state index contributed by atoms with van der Waals surface area (Å²) in [7, 11) is 4.34. The second-order valence-corrected chi connectivity index (χ2v) is 7.30. The number of likely N-dealkylation sites (N-methyl/N-ethyl adjacent to an activating group) is 2. The maximum Gasteiger partial charge on any atom is 0.0112 e. The Bertz CT molecular complexity index is 222. The van der Waals surface area contributed by atoms with E-state index in [2.05, 4.69) is 51.6 Å². The van der Waals surface area contributed by atoms with Gasteiger partial charge in [0.05, 0.1) is 0 Å². The van der Waals surface area contributed by atoms with Crippen molar-refractivity contribution in [1.82, 2.24) is 9.80 Å². The summed E-state index contributed by atoms with van der Waals surface area (Å²) < 4.78 is 0. The predicted molar refractivity (Wildman–Crippen MR) is 81.0 cm³/mol. The van der Waals surface area contributed by atoms with Crippen LogP contribution in [0, 0.1) is 11.3 Å². The van der Waals surface area contributed by atoms with Crippen molar-refractivity contribution in [2.24, 2.45) is 11.3 Å². The van der Waals surface area contributed by atoms with Gasteiger partial charge < -0.3 is 4.90 Å². The van der Waals surface area contributed by atoms with Crippen LogP contribution < -0.4 is 0 Å². The molecule has 1 saturated carbocycles. The Morgan fingerprint density at radius 1 is 0.944 bits per heavy atom. The molecule has 0 aromatic rings. The van der Waals surface area contributed by atoms with Crippen molar-refractivity contribution in [2.45, 2.75) is 59.4 Å². The smallest absolute Gasteiger partial charge is 0.0112 e. The number of hydrogen-bond acceptors (Lipinski definition) is 2. The van der Waals surface area contributed by atoms with E-state index in [-0.39, 0.29) is 0 Å². The zero-order valence-electron chi connectivity index (χ0n) is 13.5. The van der Waals surface area contributed by atoms with Gasteiger partial charge in [0, 0.05) is 19.1 Å². The summed E-state index contributed by atoms with van der Waals surface area (Å²) in [5.74, 6) is 0.932. The summed E-state index contributed by atoms with van der Waals surface area (Å²) in [6.45, 7) is 13.1. The van der Waals surface area contributed by atoms with Gasteiger partial charge in [-0.1, -0.05) is 27.7 Å². The molecule has 0 aromatic heterocycles. The van der Waals surface area contributed by atoms with Crippen LogP contribution in [0.15, 0.2) is 0 Å². The van der Waals surface area contributed by atoms with Gasteiger partial charge in [0.15, 0.2) is 0 Å². The third-order valence-electron chi connectivity index (χ3n) is 4.68. The molecule has 0 bridgehead atoms. The molecule has 18 heavy (non-hydrogen) atoms. The van der Waals surface area contributed by atoms with Gasteiger partial charge in [-0.15, -0.1) is 0 Å². The largest absolute Gasteiger partial charge is 0.308 e. The topological polar surface area (TPSA) is 6.48 Å². The van der Waals surface area contributed by atoms with E-state index in [4.69, 9.17) is 0 Å². The minimum atomic E-state index is 0.506. The van der Waals surface area contributed by atoms with Crippen molar-refractivity contribution in [2.75, 3.05) is 33.7 Å². The molecule has 0 unspecified atom stereocenters. The molecule has 108 valence electrons. The molecule has 2 nitrogen and oxygen atoms in total. The molecule has 0 aromatic carbocycles. The summed E-state index contributed by atoms with van der Waals surface area (Å²) in [5, 5.41) is 0. The van der Waals surface area contributed by atoms with Crippen molar-refractivity contribution in [3.05, 3.63) is 0 Å². The van der Waals surface area contributed by atoms with Crippen molar-refractivity contribution < 1.29 is 0 Å². The molecule has 1 aliphatic rings. The second-order valence-electron chi connectivity index (χ2n) is 7.30. The number of rotatable bonds is 5. The van der Waals surface area contributed by atoms with Crippen LogP contribution in [0.2, 0.25) is 0 Å². The van der Waals surface area contributed by atoms with Gasteiger partial charge >= 0.3 is 0 Å². The molecule has 0 saturated heterocycles. The summed E-state index contributed by atoms with van der Waals surface area (Å²) in [6.07, 6.45) is 5.66. The fourth-order valence-corrected chi connectivity index (χ4v) is 3.23. The van der Waals surface area contributed by atoms with Crippen molar-refractivity contribution >= 4 is 0 Å². The van der Waals surface area contributed by atoms with E-state index in [0.29, 0.717) is 5.41 Å². The zero-order valence-corrected chi connectivity index (χ0v) is 13.5. The summed E-state index contributed by atoms with van der Waals surface area (Å²) in [4.78, 5) is 4.99. The highest BCUT2D eigenvalue weighted by Crippen LogP contribution is 2.38. The lowest BCUT2D eigenvalue weighted by Crippen LogP contribution is -2.42. The third kappa shape index (κ3) is 4.89. The van der Waals surface area contributed by atoms with Crippen LogP contribution in [0.25, 0.3) is 0 Å². The predicted octanol–water partition coefficient (Wildman–Crippen LogP) is 3.47. The lowest BCUT2D eigenvalue weighted by Gasteiger charge is -2.41. The fourth-order valence-electron chi connectivity index (χ4n) is 3.23. The SMILES string of the molecule is CCN(CCN(C)C)C1CCC(C(C)(C)C)CC1. The number of hydrogen-bond donors (Lipinski definition) is 0. The first-order valence-corrected chi connectivity index (χ1v) is 7.73. The zero-order chi connectivity index (χ0) is 13.8. The summed E-state index contributed by atoms with van der Waals surface area (Å²) >= 11 is 0. The van der Waals surface area contributed by atoms with Crippen molar-refractivity contribution in [3.8, 4) is 0 Å². The van der Waals surface area contributed by atoms with Gasteiger partial charge in [-0.3, -0.25) is 4.90 Å². The van der Waals surface area contributed by atoms with Gasteiger partial charge in [-0.25, -0.2) is 0 Å². The molecule has 1 aliphatic carbocycles. The number of nitrogens with zero attached hydrogens (tertiary/aromatic N) is 2. The molecule has 1 fully saturated rings. The van der Waals surface area contributed by atoms with E-state index in [1.54, 1.807) is 0 Å². The first kappa shape index (κ1) is 16.0. The second kappa shape index (κ2) is 6.91. The Morgan fingerprint density at radius 2 is 1.50 bits per heavy atom. The highest BCUT2D eigenvalue weighted by Gasteiger charge is 2.31. The van der Waals surface area contributed by atoms with E-state index in [9.17, 15) is 0 Å². The van der Waals surface area contributed by atoms with Gasteiger partial charge in [0.1, 0.15) is 0 Å². The summed E-state index contributed by atoms with van der Waals surface area (Å²) in [5.41, 5.74) is 0.506. The Morgan fingerprint density at radius 3 is 1.89 bits per heavy atom. The highest BCUT2D eigenvalue weighted by molar-refractivity contribution is 4.84. The van der Waals surface area contributed by atoms with Gasteiger partial charge in [0.25, 0.3) is 0 Å². The van der Waals surface area contributed by atoms with Crippen LogP contribution >= 0.6 is 0 Å². The van der Waals surface area contributed by atoms with Gasteiger partial charge in [-0.2, -0.15) is 0 Å². The summed E-state index contributed by atoms with van der Waals surface area (Å²) in [6, 6.07) is 0.841. The minimum Gasteiger partial charge on any atom is -0.308 e. The highest BCUT2D eigenvalue weighted by atomic mass is 15.2. The molecule has 0 aliphatic heterocycles. The van der Waals surface area contributed by atoms with Crippen LogP contribution in [0.4, 0.5) is 0 Å². The molecule has 0 radical (unpaired) electrons. The maximum atomic E-state index is 2.69. The van der Waals surface area contributed by atoms with Crippen LogP contribution in [0.3, 0.4) is 0 Å². The molecular formula is C16H34N2. The van der Waals surface area contributed by atoms with Crippen molar-refractivity contribution in [1.29, 1.82) is 0 Å². The monoisotopic (exact) mass is 254 g/mol. The van der Waals surface area contributed by atoms with Crippen molar-refractivity contribution in [3.63, 3.8) is 0 Å². The maximum absolute atomic E-state index is 2.69. The molecule has 0 amide bonds. The van der Waals surface area contributed by atoms with E-state index < -0.39 is 0 Å². The lowest BCUT2D eigenvalue weighted by atomic mass is 9.71. The van der Waals surface area contributed by atoms with E-state index in [1.807, 2.05) is 0 Å². The molecule has 0 heterocycles. The molecule has 0 spiro atoms. The first-order valence-electron chi connectivity index (χ1n) is 7.73.